The summed E-state index contributed by atoms with van der Waals surface area (Å²) in [5.74, 6) is 0. The zero-order valence-electron chi connectivity index (χ0n) is 14.8. The Morgan fingerprint density at radius 2 is 1.61 bits per heavy atom. The van der Waals surface area contributed by atoms with Gasteiger partial charge < -0.3 is 16.4 Å². The Hall–Kier alpha value is -3.15. The molecule has 0 saturated carbocycles. The Morgan fingerprint density at radius 3 is 2.43 bits per heavy atom. The first kappa shape index (κ1) is 18.2. The molecule has 4 rings (SSSR count). The van der Waals surface area contributed by atoms with Crippen LogP contribution in [0.2, 0.25) is 5.02 Å². The van der Waals surface area contributed by atoms with E-state index in [0.29, 0.717) is 15.8 Å². The summed E-state index contributed by atoms with van der Waals surface area (Å²) >= 11 is 11.9. The molecule has 138 valence electrons. The number of aromatic nitrogens is 1. The van der Waals surface area contributed by atoms with E-state index in [1.165, 1.54) is 0 Å². The van der Waals surface area contributed by atoms with E-state index in [1.807, 2.05) is 66.7 Å². The second-order valence-corrected chi connectivity index (χ2v) is 7.09. The average molecular weight is 405 g/mol. The van der Waals surface area contributed by atoms with Crippen LogP contribution in [0.5, 0.6) is 0 Å². The highest BCUT2D eigenvalue weighted by Crippen LogP contribution is 2.33. The Kier molecular flexibility index (Phi) is 5.10. The topological polar surface area (TPSA) is 63.0 Å². The fourth-order valence-corrected chi connectivity index (χ4v) is 3.42. The highest BCUT2D eigenvalue weighted by molar-refractivity contribution is 7.80. The van der Waals surface area contributed by atoms with E-state index < -0.39 is 0 Å². The predicted molar refractivity (Wildman–Crippen MR) is 123 cm³/mol. The van der Waals surface area contributed by atoms with Gasteiger partial charge in [0.1, 0.15) is 0 Å². The Balaban J connectivity index is 1.62. The molecule has 0 unspecified atom stereocenters. The van der Waals surface area contributed by atoms with E-state index in [2.05, 4.69) is 21.7 Å². The van der Waals surface area contributed by atoms with Gasteiger partial charge in [-0.3, -0.25) is 4.98 Å². The maximum absolute atomic E-state index is 6.48. The van der Waals surface area contributed by atoms with Crippen molar-refractivity contribution in [1.29, 1.82) is 0 Å². The van der Waals surface area contributed by atoms with Gasteiger partial charge in [-0.05, 0) is 66.1 Å². The molecule has 4 nitrogen and oxygen atoms in total. The summed E-state index contributed by atoms with van der Waals surface area (Å²) in [6.07, 6.45) is 1.79. The van der Waals surface area contributed by atoms with Crippen molar-refractivity contribution in [3.8, 4) is 11.3 Å². The first-order valence-electron chi connectivity index (χ1n) is 8.67. The fraction of sp³-hybridized carbons (Fsp3) is 0. The minimum absolute atomic E-state index is 0.476. The quantitative estimate of drug-likeness (QED) is 0.291. The van der Waals surface area contributed by atoms with Gasteiger partial charge in [0.05, 0.1) is 10.7 Å². The number of halogens is 1. The largest absolute Gasteiger partial charge is 0.399 e. The van der Waals surface area contributed by atoms with Crippen molar-refractivity contribution in [1.82, 2.24) is 4.98 Å². The van der Waals surface area contributed by atoms with Gasteiger partial charge in [0.15, 0.2) is 5.11 Å². The summed E-state index contributed by atoms with van der Waals surface area (Å²) in [6, 6.07) is 23.1. The lowest BCUT2D eigenvalue weighted by atomic mass is 10.0. The van der Waals surface area contributed by atoms with Gasteiger partial charge in [-0.25, -0.2) is 0 Å². The number of hydrogen-bond acceptors (Lipinski definition) is 3. The van der Waals surface area contributed by atoms with E-state index in [0.717, 1.165) is 33.4 Å². The number of nitrogens with zero attached hydrogens (tertiary/aromatic N) is 1. The fourth-order valence-electron chi connectivity index (χ4n) is 2.98. The molecule has 1 aromatic heterocycles. The first-order valence-corrected chi connectivity index (χ1v) is 9.46. The maximum atomic E-state index is 6.48. The van der Waals surface area contributed by atoms with E-state index >= 15 is 0 Å². The Bertz CT molecular complexity index is 1150. The number of fused-ring (bicyclic) bond motifs is 1. The molecule has 0 aliphatic rings. The normalized spacial score (nSPS) is 10.6. The number of nitrogens with one attached hydrogen (secondary N) is 2. The molecule has 0 fully saturated rings. The predicted octanol–water partition coefficient (Wildman–Crippen LogP) is 5.95. The lowest BCUT2D eigenvalue weighted by molar-refractivity contribution is 1.36. The van der Waals surface area contributed by atoms with Crippen molar-refractivity contribution in [2.45, 2.75) is 0 Å². The molecule has 0 spiro atoms. The summed E-state index contributed by atoms with van der Waals surface area (Å²) in [6.45, 7) is 0. The van der Waals surface area contributed by atoms with Gasteiger partial charge in [-0.1, -0.05) is 35.9 Å². The minimum Gasteiger partial charge on any atom is -0.399 e. The number of thiocarbonyl (C=S) groups is 1. The van der Waals surface area contributed by atoms with Gasteiger partial charge in [-0.15, -0.1) is 0 Å². The summed E-state index contributed by atoms with van der Waals surface area (Å²) < 4.78 is 0. The number of rotatable bonds is 3. The maximum Gasteiger partial charge on any atom is 0.175 e. The molecule has 6 heteroatoms. The van der Waals surface area contributed by atoms with Crippen LogP contribution in [-0.2, 0) is 0 Å². The molecule has 0 amide bonds. The molecule has 1 heterocycles. The summed E-state index contributed by atoms with van der Waals surface area (Å²) in [4.78, 5) is 4.56. The monoisotopic (exact) mass is 404 g/mol. The van der Waals surface area contributed by atoms with Crippen LogP contribution in [0.1, 0.15) is 0 Å². The van der Waals surface area contributed by atoms with Crippen LogP contribution in [0, 0.1) is 0 Å². The molecule has 4 aromatic rings. The van der Waals surface area contributed by atoms with Gasteiger partial charge in [0.2, 0.25) is 0 Å². The van der Waals surface area contributed by atoms with Crippen molar-refractivity contribution in [3.05, 3.63) is 84.0 Å². The number of benzene rings is 3. The lowest BCUT2D eigenvalue weighted by Gasteiger charge is -2.13. The molecule has 0 aliphatic heterocycles. The van der Waals surface area contributed by atoms with Crippen LogP contribution in [0.15, 0.2) is 79.0 Å². The van der Waals surface area contributed by atoms with Crippen molar-refractivity contribution in [3.63, 3.8) is 0 Å². The molecule has 0 bridgehead atoms. The lowest BCUT2D eigenvalue weighted by Crippen LogP contribution is -2.19. The van der Waals surface area contributed by atoms with Gasteiger partial charge in [0.25, 0.3) is 0 Å². The molecule has 28 heavy (non-hydrogen) atoms. The zero-order chi connectivity index (χ0) is 19.5. The van der Waals surface area contributed by atoms with E-state index in [4.69, 9.17) is 29.6 Å². The SMILES string of the molecule is Nc1ccc(NC(=S)Nc2ccc(Cl)c(-c3nccc4ccccc34)c2)cc1. The third-order valence-electron chi connectivity index (χ3n) is 4.32. The Morgan fingerprint density at radius 1 is 0.893 bits per heavy atom. The van der Waals surface area contributed by atoms with E-state index in [9.17, 15) is 0 Å². The number of pyridine rings is 1. The number of nitrogens with two attached hydrogens (primary N) is 1. The van der Waals surface area contributed by atoms with Crippen LogP contribution >= 0.6 is 23.8 Å². The van der Waals surface area contributed by atoms with Crippen molar-refractivity contribution >= 4 is 56.8 Å². The molecular weight excluding hydrogens is 388 g/mol. The van der Waals surface area contributed by atoms with E-state index in [-0.39, 0.29) is 0 Å². The van der Waals surface area contributed by atoms with Crippen LogP contribution in [0.4, 0.5) is 17.1 Å². The zero-order valence-corrected chi connectivity index (χ0v) is 16.4. The van der Waals surface area contributed by atoms with Gasteiger partial charge >= 0.3 is 0 Å². The average Bonchev–Trinajstić information content (AvgIpc) is 2.71. The molecule has 0 atom stereocenters. The smallest absolute Gasteiger partial charge is 0.175 e. The molecule has 4 N–H and O–H groups in total. The van der Waals surface area contributed by atoms with E-state index in [1.54, 1.807) is 6.20 Å². The summed E-state index contributed by atoms with van der Waals surface area (Å²) in [5.41, 5.74) is 9.78. The van der Waals surface area contributed by atoms with Crippen molar-refractivity contribution in [2.24, 2.45) is 0 Å². The van der Waals surface area contributed by atoms with Crippen LogP contribution in [0.3, 0.4) is 0 Å². The third kappa shape index (κ3) is 3.91. The van der Waals surface area contributed by atoms with Crippen molar-refractivity contribution in [2.75, 3.05) is 16.4 Å². The summed E-state index contributed by atoms with van der Waals surface area (Å²) in [5, 5.41) is 9.60. The molecule has 3 aromatic carbocycles. The number of nitrogen functional groups attached to an aromatic ring is 1. The van der Waals surface area contributed by atoms with Crippen molar-refractivity contribution < 1.29 is 0 Å². The second-order valence-electron chi connectivity index (χ2n) is 6.28. The third-order valence-corrected chi connectivity index (χ3v) is 4.86. The first-order chi connectivity index (χ1) is 13.6. The standard InChI is InChI=1S/C22H17ClN4S/c23-20-10-9-17(27-22(28)26-16-7-5-15(24)6-8-16)13-19(20)21-18-4-2-1-3-14(18)11-12-25-21/h1-13H,24H2,(H2,26,27,28). The number of hydrogen-bond donors (Lipinski definition) is 3. The molecule has 0 radical (unpaired) electrons. The van der Waals surface area contributed by atoms with Crippen LogP contribution in [-0.4, -0.2) is 10.1 Å². The van der Waals surface area contributed by atoms with Crippen LogP contribution in [0.25, 0.3) is 22.0 Å². The molecule has 0 aliphatic carbocycles. The molecular formula is C22H17ClN4S. The summed E-state index contributed by atoms with van der Waals surface area (Å²) in [7, 11) is 0. The minimum atomic E-state index is 0.476. The van der Waals surface area contributed by atoms with Gasteiger partial charge in [0, 0.05) is 34.2 Å². The highest BCUT2D eigenvalue weighted by atomic mass is 35.5. The van der Waals surface area contributed by atoms with Gasteiger partial charge in [-0.2, -0.15) is 0 Å². The number of anilines is 3. The van der Waals surface area contributed by atoms with Crippen LogP contribution < -0.4 is 16.4 Å². The Labute approximate surface area is 173 Å². The molecule has 0 saturated heterocycles. The highest BCUT2D eigenvalue weighted by Gasteiger charge is 2.11. The second kappa shape index (κ2) is 7.84.